The largest absolute Gasteiger partial charge is 0.0649 e. The maximum atomic E-state index is 2.43. The first kappa shape index (κ1) is 59.3. The van der Waals surface area contributed by atoms with Crippen molar-refractivity contribution in [3.05, 3.63) is 120 Å². The van der Waals surface area contributed by atoms with Crippen LogP contribution in [-0.4, -0.2) is 0 Å². The van der Waals surface area contributed by atoms with E-state index < -0.39 is 0 Å². The zero-order valence-electron chi connectivity index (χ0n) is 47.1. The summed E-state index contributed by atoms with van der Waals surface area (Å²) in [7, 11) is 0. The Morgan fingerprint density at radius 3 is 1.08 bits per heavy atom. The molecule has 0 nitrogen and oxygen atoms in total. The smallest absolute Gasteiger partial charge is 0.0100 e. The molecule has 0 amide bonds. The van der Waals surface area contributed by atoms with Crippen molar-refractivity contribution in [1.82, 2.24) is 0 Å². The summed E-state index contributed by atoms with van der Waals surface area (Å²) in [6.45, 7) is 41.8. The minimum atomic E-state index is 0.265. The van der Waals surface area contributed by atoms with E-state index >= 15 is 0 Å². The van der Waals surface area contributed by atoms with Crippen molar-refractivity contribution in [2.75, 3.05) is 0 Å². The Kier molecular flexibility index (Phi) is 25.1. The molecule has 0 heteroatoms. The van der Waals surface area contributed by atoms with Crippen LogP contribution in [0.1, 0.15) is 250 Å². The first-order valence-corrected chi connectivity index (χ1v) is 27.4. The van der Waals surface area contributed by atoms with Gasteiger partial charge in [-0.15, -0.1) is 0 Å². The van der Waals surface area contributed by atoms with Gasteiger partial charge in [-0.25, -0.2) is 0 Å². The lowest BCUT2D eigenvalue weighted by atomic mass is 9.70. The molecule has 372 valence electrons. The summed E-state index contributed by atoms with van der Waals surface area (Å²) in [5.41, 5.74) is 6.95. The van der Waals surface area contributed by atoms with Crippen LogP contribution in [0.3, 0.4) is 0 Å². The number of hydrogen-bond donors (Lipinski definition) is 0. The Hall–Kier alpha value is -2.86. The molecule has 3 aliphatic rings. The molecular formula is C66H108. The Labute approximate surface area is 412 Å². The highest BCUT2D eigenvalue weighted by Crippen LogP contribution is 2.41. The predicted molar refractivity (Wildman–Crippen MR) is 300 cm³/mol. The fourth-order valence-electron chi connectivity index (χ4n) is 9.97. The van der Waals surface area contributed by atoms with Gasteiger partial charge in [0.05, 0.1) is 0 Å². The van der Waals surface area contributed by atoms with Crippen molar-refractivity contribution in [2.24, 2.45) is 34.0 Å². The fraction of sp³-hybridized carbons (Fsp3) is 0.667. The SMILES string of the molecule is CC(C)(C)C1CCCC1.CC(C)(C)C1CCCCC1.CC(C)(C)c1ccccc1.CCC(C)(C)C1CCCCC1.CCC(C)(C)c1cccc2ccccc12.CCC(C)(C)c1ccccc1. The number of fused-ring (bicyclic) bond motifs is 1. The molecule has 0 radical (unpaired) electrons. The highest BCUT2D eigenvalue weighted by molar-refractivity contribution is 5.86. The van der Waals surface area contributed by atoms with Crippen LogP contribution in [0.25, 0.3) is 10.8 Å². The van der Waals surface area contributed by atoms with Gasteiger partial charge in [-0.2, -0.15) is 0 Å². The lowest BCUT2D eigenvalue weighted by Gasteiger charge is -2.36. The average molecular weight is 902 g/mol. The fourth-order valence-corrected chi connectivity index (χ4v) is 9.97. The third-order valence-electron chi connectivity index (χ3n) is 16.5. The summed E-state index contributed by atoms with van der Waals surface area (Å²) in [5.74, 6) is 3.03. The number of hydrogen-bond acceptors (Lipinski definition) is 0. The van der Waals surface area contributed by atoms with Gasteiger partial charge in [-0.3, -0.25) is 0 Å². The van der Waals surface area contributed by atoms with Gasteiger partial charge in [0.2, 0.25) is 0 Å². The van der Waals surface area contributed by atoms with Crippen molar-refractivity contribution in [3.63, 3.8) is 0 Å². The van der Waals surface area contributed by atoms with Gasteiger partial charge in [0.25, 0.3) is 0 Å². The van der Waals surface area contributed by atoms with Crippen molar-refractivity contribution in [3.8, 4) is 0 Å². The lowest BCUT2D eigenvalue weighted by Crippen LogP contribution is -2.25. The molecule has 0 aromatic heterocycles. The minimum Gasteiger partial charge on any atom is -0.0649 e. The Balaban J connectivity index is 0.000000274. The molecule has 7 rings (SSSR count). The van der Waals surface area contributed by atoms with Crippen LogP contribution in [0.15, 0.2) is 103 Å². The van der Waals surface area contributed by atoms with E-state index in [9.17, 15) is 0 Å². The van der Waals surface area contributed by atoms with Crippen LogP contribution in [0.2, 0.25) is 0 Å². The van der Waals surface area contributed by atoms with Crippen LogP contribution >= 0.6 is 0 Å². The molecule has 3 fully saturated rings. The van der Waals surface area contributed by atoms with E-state index in [1.165, 1.54) is 137 Å². The van der Waals surface area contributed by atoms with Gasteiger partial charge in [-0.05, 0) is 129 Å². The van der Waals surface area contributed by atoms with E-state index in [1.54, 1.807) is 0 Å². The van der Waals surface area contributed by atoms with Gasteiger partial charge in [0.1, 0.15) is 0 Å². The van der Waals surface area contributed by atoms with Gasteiger partial charge < -0.3 is 0 Å². The van der Waals surface area contributed by atoms with Crippen LogP contribution in [0, 0.1) is 34.0 Å². The lowest BCUT2D eigenvalue weighted by molar-refractivity contribution is 0.152. The van der Waals surface area contributed by atoms with E-state index in [0.717, 1.165) is 17.8 Å². The zero-order chi connectivity index (χ0) is 49.7. The van der Waals surface area contributed by atoms with E-state index in [4.69, 9.17) is 0 Å². The standard InChI is InChI=1S/C15H18.C11H22.C11H16.C10H20.C10H14.C9H18/c1-4-15(2,3)14-11-7-9-12-8-5-6-10-13(12)14;2*1-4-11(2,3)10-8-6-5-7-9-10;2*1-10(2,3)9-7-5-4-6-8-9;1-9(2,3)8-6-4-5-7-8/h5-11H,4H2,1-3H3;10H,4-9H2,1-3H3;5-9H,4H2,1-3H3;9H,4-8H2,1-3H3;4-8H,1-3H3;8H,4-7H2,1-3H3. The summed E-state index contributed by atoms with van der Waals surface area (Å²) < 4.78 is 0. The van der Waals surface area contributed by atoms with Crippen LogP contribution in [0.5, 0.6) is 0 Å². The Morgan fingerprint density at radius 2 is 0.712 bits per heavy atom. The quantitative estimate of drug-likeness (QED) is 0.181. The average Bonchev–Trinajstić information content (AvgIpc) is 3.88. The molecule has 3 saturated carbocycles. The first-order chi connectivity index (χ1) is 30.8. The highest BCUT2D eigenvalue weighted by Gasteiger charge is 2.29. The predicted octanol–water partition coefficient (Wildman–Crippen LogP) is 21.7. The molecule has 4 aromatic rings. The van der Waals surface area contributed by atoms with Crippen LogP contribution in [0.4, 0.5) is 0 Å². The number of rotatable bonds is 6. The minimum absolute atomic E-state index is 0.265. The van der Waals surface area contributed by atoms with Gasteiger partial charge >= 0.3 is 0 Å². The molecule has 0 N–H and O–H groups in total. The summed E-state index contributed by atoms with van der Waals surface area (Å²) in [6, 6.07) is 36.5. The summed E-state index contributed by atoms with van der Waals surface area (Å²) in [5, 5.41) is 2.74. The maximum absolute atomic E-state index is 2.43. The molecule has 3 aliphatic carbocycles. The second-order valence-corrected chi connectivity index (χ2v) is 25.7. The summed E-state index contributed by atoms with van der Waals surface area (Å²) in [4.78, 5) is 0. The second-order valence-electron chi connectivity index (χ2n) is 25.7. The summed E-state index contributed by atoms with van der Waals surface area (Å²) in [6.07, 6.45) is 24.4. The molecule has 0 spiro atoms. The van der Waals surface area contributed by atoms with Crippen molar-refractivity contribution in [2.45, 2.75) is 250 Å². The van der Waals surface area contributed by atoms with E-state index in [-0.39, 0.29) is 5.41 Å². The normalized spacial score (nSPS) is 16.7. The molecule has 0 heterocycles. The third kappa shape index (κ3) is 21.2. The molecule has 0 unspecified atom stereocenters. The first-order valence-electron chi connectivity index (χ1n) is 27.4. The summed E-state index contributed by atoms with van der Waals surface area (Å²) >= 11 is 0. The maximum Gasteiger partial charge on any atom is -0.0100 e. The van der Waals surface area contributed by atoms with Crippen molar-refractivity contribution >= 4 is 10.8 Å². The highest BCUT2D eigenvalue weighted by atomic mass is 14.3. The topological polar surface area (TPSA) is 0 Å². The molecule has 0 aliphatic heterocycles. The van der Waals surface area contributed by atoms with Crippen molar-refractivity contribution < 1.29 is 0 Å². The van der Waals surface area contributed by atoms with Gasteiger partial charge in [0, 0.05) is 0 Å². The molecule has 0 bridgehead atoms. The van der Waals surface area contributed by atoms with E-state index in [0.29, 0.717) is 27.1 Å². The monoisotopic (exact) mass is 901 g/mol. The molecular weight excluding hydrogens is 793 g/mol. The molecule has 0 atom stereocenters. The second kappa shape index (κ2) is 28.0. The Bertz CT molecular complexity index is 1810. The van der Waals surface area contributed by atoms with E-state index in [2.05, 4.69) is 228 Å². The molecule has 4 aromatic carbocycles. The molecule has 66 heavy (non-hydrogen) atoms. The number of benzene rings is 4. The Morgan fingerprint density at radius 1 is 0.348 bits per heavy atom. The third-order valence-corrected chi connectivity index (χ3v) is 16.5. The van der Waals surface area contributed by atoms with Gasteiger partial charge in [-0.1, -0.05) is 286 Å². The molecule has 0 saturated heterocycles. The van der Waals surface area contributed by atoms with E-state index in [1.807, 2.05) is 0 Å². The van der Waals surface area contributed by atoms with Gasteiger partial charge in [0.15, 0.2) is 0 Å². The van der Waals surface area contributed by atoms with Crippen LogP contribution in [-0.2, 0) is 16.2 Å². The van der Waals surface area contributed by atoms with Crippen LogP contribution < -0.4 is 0 Å². The van der Waals surface area contributed by atoms with Crippen molar-refractivity contribution in [1.29, 1.82) is 0 Å². The zero-order valence-corrected chi connectivity index (χ0v) is 47.1.